The molecule has 3 heteroatoms. The zero-order valence-electron chi connectivity index (χ0n) is 14.3. The first-order valence-corrected chi connectivity index (χ1v) is 8.21. The van der Waals surface area contributed by atoms with Crippen LogP contribution in [0.4, 0.5) is 0 Å². The van der Waals surface area contributed by atoms with Gasteiger partial charge in [0.05, 0.1) is 14.2 Å². The van der Waals surface area contributed by atoms with Gasteiger partial charge in [0, 0.05) is 19.6 Å². The highest BCUT2D eigenvalue weighted by molar-refractivity contribution is 5.43. The van der Waals surface area contributed by atoms with Crippen molar-refractivity contribution >= 4 is 0 Å². The minimum Gasteiger partial charge on any atom is -0.493 e. The number of nitrogens with zero attached hydrogens (tertiary/aromatic N) is 1. The van der Waals surface area contributed by atoms with Gasteiger partial charge in [-0.05, 0) is 48.6 Å². The summed E-state index contributed by atoms with van der Waals surface area (Å²) in [5.41, 5.74) is 5.65. The summed E-state index contributed by atoms with van der Waals surface area (Å²) < 4.78 is 10.7. The molecule has 0 saturated heterocycles. The second kappa shape index (κ2) is 7.05. The fourth-order valence-electron chi connectivity index (χ4n) is 3.25. The largest absolute Gasteiger partial charge is 0.493 e. The average Bonchev–Trinajstić information content (AvgIpc) is 2.59. The number of methoxy groups -OCH3 is 2. The Morgan fingerprint density at radius 3 is 2.57 bits per heavy atom. The quantitative estimate of drug-likeness (QED) is 0.842. The number of fused-ring (bicyclic) bond motifs is 1. The molecule has 0 spiro atoms. The predicted molar refractivity (Wildman–Crippen MR) is 93.4 cm³/mol. The van der Waals surface area contributed by atoms with Gasteiger partial charge in [0.2, 0.25) is 0 Å². The molecule has 0 aromatic heterocycles. The minimum atomic E-state index is 0.790. The fraction of sp³-hybridized carbons (Fsp3) is 0.400. The Kier molecular flexibility index (Phi) is 4.87. The molecular weight excluding hydrogens is 286 g/mol. The van der Waals surface area contributed by atoms with E-state index in [1.54, 1.807) is 14.2 Å². The summed E-state index contributed by atoms with van der Waals surface area (Å²) in [4.78, 5) is 2.54. The van der Waals surface area contributed by atoms with Gasteiger partial charge in [0.25, 0.3) is 0 Å². The van der Waals surface area contributed by atoms with Crippen LogP contribution in [0.2, 0.25) is 0 Å². The molecule has 0 unspecified atom stereocenters. The van der Waals surface area contributed by atoms with Gasteiger partial charge in [-0.1, -0.05) is 29.8 Å². The first kappa shape index (κ1) is 15.9. The van der Waals surface area contributed by atoms with Gasteiger partial charge >= 0.3 is 0 Å². The highest BCUT2D eigenvalue weighted by Gasteiger charge is 2.16. The molecular formula is C20H25NO2. The minimum absolute atomic E-state index is 0.790. The molecule has 0 N–H and O–H groups in total. The monoisotopic (exact) mass is 311 g/mol. The van der Waals surface area contributed by atoms with E-state index >= 15 is 0 Å². The van der Waals surface area contributed by atoms with Gasteiger partial charge < -0.3 is 9.47 Å². The van der Waals surface area contributed by atoms with Gasteiger partial charge in [-0.25, -0.2) is 0 Å². The summed E-state index contributed by atoms with van der Waals surface area (Å²) in [6.45, 7) is 5.44. The van der Waals surface area contributed by atoms with Crippen LogP contribution in [-0.2, 0) is 19.4 Å². The smallest absolute Gasteiger partial charge is 0.160 e. The molecule has 0 amide bonds. The highest BCUT2D eigenvalue weighted by Crippen LogP contribution is 2.28. The van der Waals surface area contributed by atoms with Crippen LogP contribution in [0.3, 0.4) is 0 Å². The molecule has 0 saturated carbocycles. The van der Waals surface area contributed by atoms with Crippen LogP contribution in [-0.4, -0.2) is 32.2 Å². The van der Waals surface area contributed by atoms with Gasteiger partial charge in [0.1, 0.15) is 0 Å². The van der Waals surface area contributed by atoms with Crippen molar-refractivity contribution in [2.24, 2.45) is 0 Å². The molecule has 3 rings (SSSR count). The maximum atomic E-state index is 5.39. The van der Waals surface area contributed by atoms with Crippen LogP contribution in [0.15, 0.2) is 36.4 Å². The van der Waals surface area contributed by atoms with E-state index in [2.05, 4.69) is 42.2 Å². The van der Waals surface area contributed by atoms with E-state index < -0.39 is 0 Å². The zero-order valence-corrected chi connectivity index (χ0v) is 14.3. The number of aryl methyl sites for hydroxylation is 1. The molecule has 0 atom stereocenters. The van der Waals surface area contributed by atoms with E-state index in [1.807, 2.05) is 6.07 Å². The van der Waals surface area contributed by atoms with E-state index in [4.69, 9.17) is 9.47 Å². The van der Waals surface area contributed by atoms with E-state index in [1.165, 1.54) is 22.3 Å². The molecule has 0 radical (unpaired) electrons. The maximum Gasteiger partial charge on any atom is 0.160 e. The molecule has 3 nitrogen and oxygen atoms in total. The molecule has 122 valence electrons. The Hall–Kier alpha value is -2.00. The number of hydrogen-bond acceptors (Lipinski definition) is 3. The van der Waals surface area contributed by atoms with Gasteiger partial charge in [0.15, 0.2) is 11.5 Å². The van der Waals surface area contributed by atoms with E-state index in [-0.39, 0.29) is 0 Å². The Balaban J connectivity index is 1.62. The van der Waals surface area contributed by atoms with Crippen molar-refractivity contribution in [2.75, 3.05) is 27.3 Å². The molecule has 1 aliphatic rings. The van der Waals surface area contributed by atoms with Crippen molar-refractivity contribution in [3.05, 3.63) is 58.7 Å². The van der Waals surface area contributed by atoms with Crippen molar-refractivity contribution in [3.8, 4) is 11.5 Å². The second-order valence-electron chi connectivity index (χ2n) is 6.24. The van der Waals surface area contributed by atoms with Gasteiger partial charge in [-0.3, -0.25) is 4.90 Å². The van der Waals surface area contributed by atoms with E-state index in [0.717, 1.165) is 44.0 Å². The predicted octanol–water partition coefficient (Wildman–Crippen LogP) is 3.61. The average molecular weight is 311 g/mol. The topological polar surface area (TPSA) is 21.7 Å². The zero-order chi connectivity index (χ0) is 16.2. The summed E-state index contributed by atoms with van der Waals surface area (Å²) in [6.07, 6.45) is 2.19. The SMILES string of the molecule is COc1ccc(CCN2CCc3cc(C)ccc3C2)cc1OC. The standard InChI is InChI=1S/C20H25NO2/c1-15-4-6-18-14-21(11-9-17(18)12-15)10-8-16-5-7-19(22-2)20(13-16)23-3/h4-7,12-13H,8-11,14H2,1-3H3. The summed E-state index contributed by atoms with van der Waals surface area (Å²) in [7, 11) is 3.36. The fourth-order valence-corrected chi connectivity index (χ4v) is 3.25. The third-order valence-electron chi connectivity index (χ3n) is 4.62. The maximum absolute atomic E-state index is 5.39. The molecule has 2 aromatic rings. The molecule has 1 heterocycles. The number of benzene rings is 2. The highest BCUT2D eigenvalue weighted by atomic mass is 16.5. The number of ether oxygens (including phenoxy) is 2. The lowest BCUT2D eigenvalue weighted by molar-refractivity contribution is 0.257. The molecule has 2 aromatic carbocycles. The molecule has 23 heavy (non-hydrogen) atoms. The van der Waals surface area contributed by atoms with Crippen LogP contribution in [0.25, 0.3) is 0 Å². The van der Waals surface area contributed by atoms with Gasteiger partial charge in [-0.2, -0.15) is 0 Å². The Morgan fingerprint density at radius 1 is 0.957 bits per heavy atom. The first-order valence-electron chi connectivity index (χ1n) is 8.21. The van der Waals surface area contributed by atoms with Crippen LogP contribution in [0.5, 0.6) is 11.5 Å². The normalized spacial score (nSPS) is 14.4. The third kappa shape index (κ3) is 3.67. The van der Waals surface area contributed by atoms with Crippen LogP contribution in [0.1, 0.15) is 22.3 Å². The van der Waals surface area contributed by atoms with Crippen molar-refractivity contribution in [3.63, 3.8) is 0 Å². The molecule has 0 bridgehead atoms. The van der Waals surface area contributed by atoms with Crippen molar-refractivity contribution in [1.29, 1.82) is 0 Å². The van der Waals surface area contributed by atoms with Gasteiger partial charge in [-0.15, -0.1) is 0 Å². The van der Waals surface area contributed by atoms with Crippen LogP contribution in [0, 0.1) is 6.92 Å². The number of rotatable bonds is 5. The number of hydrogen-bond donors (Lipinski definition) is 0. The Labute approximate surface area is 138 Å². The lowest BCUT2D eigenvalue weighted by Gasteiger charge is -2.29. The van der Waals surface area contributed by atoms with E-state index in [0.29, 0.717) is 0 Å². The summed E-state index contributed by atoms with van der Waals surface area (Å²) in [5, 5.41) is 0. The molecule has 1 aliphatic heterocycles. The first-order chi connectivity index (χ1) is 11.2. The second-order valence-corrected chi connectivity index (χ2v) is 6.24. The van der Waals surface area contributed by atoms with Crippen LogP contribution < -0.4 is 9.47 Å². The lowest BCUT2D eigenvalue weighted by atomic mass is 9.97. The molecule has 0 fully saturated rings. The summed E-state index contributed by atoms with van der Waals surface area (Å²) in [6, 6.07) is 13.0. The Morgan fingerprint density at radius 2 is 1.78 bits per heavy atom. The molecule has 0 aliphatic carbocycles. The van der Waals surface area contributed by atoms with Crippen molar-refractivity contribution < 1.29 is 9.47 Å². The lowest BCUT2D eigenvalue weighted by Crippen LogP contribution is -2.32. The Bertz CT molecular complexity index is 681. The van der Waals surface area contributed by atoms with E-state index in [9.17, 15) is 0 Å². The van der Waals surface area contributed by atoms with Crippen molar-refractivity contribution in [1.82, 2.24) is 4.90 Å². The summed E-state index contributed by atoms with van der Waals surface area (Å²) >= 11 is 0. The van der Waals surface area contributed by atoms with Crippen molar-refractivity contribution in [2.45, 2.75) is 26.3 Å². The third-order valence-corrected chi connectivity index (χ3v) is 4.62. The van der Waals surface area contributed by atoms with Crippen LogP contribution >= 0.6 is 0 Å². The summed E-state index contributed by atoms with van der Waals surface area (Å²) in [5.74, 6) is 1.60.